The highest BCUT2D eigenvalue weighted by Gasteiger charge is 2.20. The molecule has 1 aromatic rings. The van der Waals surface area contributed by atoms with Gasteiger partial charge in [0, 0.05) is 0 Å². The first kappa shape index (κ1) is 16.1. The van der Waals surface area contributed by atoms with E-state index in [1.54, 1.807) is 0 Å². The van der Waals surface area contributed by atoms with Crippen LogP contribution in [-0.2, 0) is 10.8 Å². The van der Waals surface area contributed by atoms with Gasteiger partial charge in [0.05, 0.1) is 6.61 Å². The summed E-state index contributed by atoms with van der Waals surface area (Å²) in [7, 11) is 0. The van der Waals surface area contributed by atoms with Gasteiger partial charge in [-0.1, -0.05) is 61.0 Å². The summed E-state index contributed by atoms with van der Waals surface area (Å²) in [5, 5.41) is 0. The molecule has 0 bridgehead atoms. The molecule has 19 heavy (non-hydrogen) atoms. The van der Waals surface area contributed by atoms with Gasteiger partial charge in [0.15, 0.2) is 0 Å². The number of hydrogen-bond acceptors (Lipinski definition) is 1. The van der Waals surface area contributed by atoms with Gasteiger partial charge in [-0.2, -0.15) is 0 Å². The maximum Gasteiger partial charge on any atom is 0.119 e. The van der Waals surface area contributed by atoms with E-state index < -0.39 is 0 Å². The zero-order valence-electron chi connectivity index (χ0n) is 13.8. The van der Waals surface area contributed by atoms with E-state index in [9.17, 15) is 0 Å². The minimum Gasteiger partial charge on any atom is -0.494 e. The Morgan fingerprint density at radius 2 is 1.32 bits per heavy atom. The van der Waals surface area contributed by atoms with Crippen LogP contribution in [0.5, 0.6) is 5.75 Å². The van der Waals surface area contributed by atoms with Gasteiger partial charge in [-0.15, -0.1) is 0 Å². The van der Waals surface area contributed by atoms with Gasteiger partial charge >= 0.3 is 0 Å². The predicted molar refractivity (Wildman–Crippen MR) is 84.2 cm³/mol. The van der Waals surface area contributed by atoms with Gasteiger partial charge < -0.3 is 4.74 Å². The molecule has 0 aliphatic carbocycles. The van der Waals surface area contributed by atoms with Crippen molar-refractivity contribution >= 4 is 0 Å². The summed E-state index contributed by atoms with van der Waals surface area (Å²) in [6.07, 6.45) is 2.29. The van der Waals surface area contributed by atoms with Crippen molar-refractivity contribution in [2.24, 2.45) is 0 Å². The standard InChI is InChI=1S/C18H30O/c1-8-9-10-19-16-12-14(17(2,3)4)11-15(13-16)18(5,6)7/h11-13H,8-10H2,1-7H3. The highest BCUT2D eigenvalue weighted by Crippen LogP contribution is 2.32. The molecular formula is C18H30O. The van der Waals surface area contributed by atoms with Crippen molar-refractivity contribution in [1.82, 2.24) is 0 Å². The Balaban J connectivity index is 3.10. The smallest absolute Gasteiger partial charge is 0.119 e. The van der Waals surface area contributed by atoms with Gasteiger partial charge in [0.1, 0.15) is 5.75 Å². The van der Waals surface area contributed by atoms with Gasteiger partial charge in [-0.3, -0.25) is 0 Å². The van der Waals surface area contributed by atoms with E-state index in [0.29, 0.717) is 0 Å². The van der Waals surface area contributed by atoms with Crippen LogP contribution in [0.15, 0.2) is 18.2 Å². The molecule has 0 unspecified atom stereocenters. The average Bonchev–Trinajstić information content (AvgIpc) is 2.27. The molecule has 0 radical (unpaired) electrons. The largest absolute Gasteiger partial charge is 0.494 e. The summed E-state index contributed by atoms with van der Waals surface area (Å²) < 4.78 is 5.92. The zero-order chi connectivity index (χ0) is 14.7. The topological polar surface area (TPSA) is 9.23 Å². The fraction of sp³-hybridized carbons (Fsp3) is 0.667. The predicted octanol–water partition coefficient (Wildman–Crippen LogP) is 5.46. The third-order valence-electron chi connectivity index (χ3n) is 3.41. The number of rotatable bonds is 4. The molecule has 1 heteroatoms. The lowest BCUT2D eigenvalue weighted by atomic mass is 9.80. The molecule has 0 heterocycles. The van der Waals surface area contributed by atoms with E-state index in [1.165, 1.54) is 17.5 Å². The van der Waals surface area contributed by atoms with Crippen LogP contribution in [0, 0.1) is 0 Å². The van der Waals surface area contributed by atoms with Crippen LogP contribution in [-0.4, -0.2) is 6.61 Å². The van der Waals surface area contributed by atoms with E-state index in [4.69, 9.17) is 4.74 Å². The molecule has 1 aromatic carbocycles. The molecule has 1 rings (SSSR count). The minimum atomic E-state index is 0.157. The molecule has 0 aliphatic heterocycles. The van der Waals surface area contributed by atoms with Crippen molar-refractivity contribution < 1.29 is 4.74 Å². The van der Waals surface area contributed by atoms with Crippen molar-refractivity contribution in [3.05, 3.63) is 29.3 Å². The number of benzene rings is 1. The van der Waals surface area contributed by atoms with Gasteiger partial charge in [-0.05, 0) is 40.5 Å². The van der Waals surface area contributed by atoms with Gasteiger partial charge in [-0.25, -0.2) is 0 Å². The molecular weight excluding hydrogens is 232 g/mol. The first-order chi connectivity index (χ1) is 8.64. The summed E-state index contributed by atoms with van der Waals surface area (Å²) >= 11 is 0. The van der Waals surface area contributed by atoms with Crippen molar-refractivity contribution in [3.63, 3.8) is 0 Å². The Bertz CT molecular complexity index is 372. The first-order valence-electron chi connectivity index (χ1n) is 7.43. The van der Waals surface area contributed by atoms with E-state index in [-0.39, 0.29) is 10.8 Å². The maximum atomic E-state index is 5.92. The van der Waals surface area contributed by atoms with Crippen LogP contribution in [0.1, 0.15) is 72.4 Å². The summed E-state index contributed by atoms with van der Waals surface area (Å²) in [6, 6.07) is 6.72. The van der Waals surface area contributed by atoms with Crippen molar-refractivity contribution in [2.45, 2.75) is 72.1 Å². The summed E-state index contributed by atoms with van der Waals surface area (Å²) in [4.78, 5) is 0. The molecule has 0 aliphatic rings. The van der Waals surface area contributed by atoms with Gasteiger partial charge in [0.25, 0.3) is 0 Å². The second-order valence-electron chi connectivity index (χ2n) is 7.45. The minimum absolute atomic E-state index is 0.157. The summed E-state index contributed by atoms with van der Waals surface area (Å²) in [6.45, 7) is 16.5. The summed E-state index contributed by atoms with van der Waals surface area (Å²) in [5.41, 5.74) is 3.02. The highest BCUT2D eigenvalue weighted by atomic mass is 16.5. The molecule has 0 saturated heterocycles. The Kier molecular flexibility index (Phi) is 5.06. The first-order valence-corrected chi connectivity index (χ1v) is 7.43. The van der Waals surface area contributed by atoms with Crippen LogP contribution in [0.2, 0.25) is 0 Å². The van der Waals surface area contributed by atoms with Crippen LogP contribution < -0.4 is 4.74 Å². The van der Waals surface area contributed by atoms with E-state index in [0.717, 1.165) is 18.8 Å². The molecule has 1 nitrogen and oxygen atoms in total. The van der Waals surface area contributed by atoms with Crippen LogP contribution in [0.4, 0.5) is 0 Å². The molecule has 0 amide bonds. The number of ether oxygens (including phenoxy) is 1. The van der Waals surface area contributed by atoms with E-state index in [1.807, 2.05) is 0 Å². The van der Waals surface area contributed by atoms with Crippen molar-refractivity contribution in [2.75, 3.05) is 6.61 Å². The second-order valence-corrected chi connectivity index (χ2v) is 7.45. The van der Waals surface area contributed by atoms with Crippen molar-refractivity contribution in [3.8, 4) is 5.75 Å². The molecule has 0 atom stereocenters. The van der Waals surface area contributed by atoms with Crippen molar-refractivity contribution in [1.29, 1.82) is 0 Å². The third-order valence-corrected chi connectivity index (χ3v) is 3.41. The summed E-state index contributed by atoms with van der Waals surface area (Å²) in [5.74, 6) is 1.02. The van der Waals surface area contributed by atoms with Crippen LogP contribution >= 0.6 is 0 Å². The molecule has 0 N–H and O–H groups in total. The quantitative estimate of drug-likeness (QED) is 0.655. The Labute approximate surface area is 119 Å². The fourth-order valence-corrected chi connectivity index (χ4v) is 1.88. The second kappa shape index (κ2) is 5.98. The molecule has 0 fully saturated rings. The number of hydrogen-bond donors (Lipinski definition) is 0. The normalized spacial score (nSPS) is 12.6. The average molecular weight is 262 g/mol. The molecule has 0 saturated carbocycles. The SMILES string of the molecule is CCCCOc1cc(C(C)(C)C)cc(C(C)(C)C)c1. The fourth-order valence-electron chi connectivity index (χ4n) is 1.88. The lowest BCUT2D eigenvalue weighted by Gasteiger charge is -2.26. The van der Waals surface area contributed by atoms with E-state index in [2.05, 4.69) is 66.7 Å². The Morgan fingerprint density at radius 1 is 0.842 bits per heavy atom. The lowest BCUT2D eigenvalue weighted by Crippen LogP contribution is -2.16. The molecule has 108 valence electrons. The maximum absolute atomic E-state index is 5.92. The molecule has 0 spiro atoms. The third kappa shape index (κ3) is 4.89. The Morgan fingerprint density at radius 3 is 1.68 bits per heavy atom. The molecule has 0 aromatic heterocycles. The zero-order valence-corrected chi connectivity index (χ0v) is 13.8. The highest BCUT2D eigenvalue weighted by molar-refractivity contribution is 5.40. The van der Waals surface area contributed by atoms with Crippen LogP contribution in [0.3, 0.4) is 0 Å². The number of unbranched alkanes of at least 4 members (excludes halogenated alkanes) is 1. The lowest BCUT2D eigenvalue weighted by molar-refractivity contribution is 0.307. The van der Waals surface area contributed by atoms with Crippen LogP contribution in [0.25, 0.3) is 0 Å². The Hall–Kier alpha value is -0.980. The van der Waals surface area contributed by atoms with Gasteiger partial charge in [0.2, 0.25) is 0 Å². The monoisotopic (exact) mass is 262 g/mol. The van der Waals surface area contributed by atoms with E-state index >= 15 is 0 Å².